The predicted molar refractivity (Wildman–Crippen MR) is 108 cm³/mol. The van der Waals surface area contributed by atoms with Crippen LogP contribution in [0.4, 0.5) is 0 Å². The molecule has 0 saturated carbocycles. The van der Waals surface area contributed by atoms with Gasteiger partial charge in [-0.3, -0.25) is 14.5 Å². The molecule has 0 spiro atoms. The summed E-state index contributed by atoms with van der Waals surface area (Å²) in [5.41, 5.74) is 2.55. The molecule has 5 nitrogen and oxygen atoms in total. The monoisotopic (exact) mass is 371 g/mol. The van der Waals surface area contributed by atoms with Crippen LogP contribution >= 0.6 is 0 Å². The summed E-state index contributed by atoms with van der Waals surface area (Å²) in [6.45, 7) is 6.32. The number of amides is 2. The average molecular weight is 372 g/mol. The van der Waals surface area contributed by atoms with Crippen molar-refractivity contribution in [2.24, 2.45) is 0 Å². The molecule has 0 aromatic heterocycles. The van der Waals surface area contributed by atoms with E-state index in [1.54, 1.807) is 0 Å². The molecule has 2 saturated heterocycles. The van der Waals surface area contributed by atoms with E-state index in [1.165, 1.54) is 11.1 Å². The number of benzene rings is 1. The zero-order chi connectivity index (χ0) is 19.1. The molecular weight excluding hydrogens is 338 g/mol. The largest absolute Gasteiger partial charge is 0.353 e. The number of piperidine rings is 1. The smallest absolute Gasteiger partial charge is 0.236 e. The fourth-order valence-electron chi connectivity index (χ4n) is 3.99. The second-order valence-electron chi connectivity index (χ2n) is 7.88. The zero-order valence-electron chi connectivity index (χ0n) is 16.6. The highest BCUT2D eigenvalue weighted by Crippen LogP contribution is 2.13. The van der Waals surface area contributed by atoms with E-state index in [-0.39, 0.29) is 17.9 Å². The van der Waals surface area contributed by atoms with Gasteiger partial charge in [0.05, 0.1) is 6.54 Å². The number of rotatable bonds is 7. The number of likely N-dealkylation sites (tertiary alicyclic amines) is 2. The van der Waals surface area contributed by atoms with Crippen LogP contribution in [0.15, 0.2) is 24.3 Å². The Labute approximate surface area is 163 Å². The summed E-state index contributed by atoms with van der Waals surface area (Å²) in [7, 11) is 0. The molecule has 0 unspecified atom stereocenters. The van der Waals surface area contributed by atoms with Crippen LogP contribution in [0, 0.1) is 0 Å². The highest BCUT2D eigenvalue weighted by atomic mass is 16.2. The number of carbonyl (C=O) groups is 2. The highest BCUT2D eigenvalue weighted by molar-refractivity contribution is 5.78. The lowest BCUT2D eigenvalue weighted by Gasteiger charge is -2.32. The van der Waals surface area contributed by atoms with Gasteiger partial charge in [-0.2, -0.15) is 0 Å². The van der Waals surface area contributed by atoms with Crippen LogP contribution in [0.1, 0.15) is 50.2 Å². The van der Waals surface area contributed by atoms with Gasteiger partial charge in [-0.15, -0.1) is 0 Å². The van der Waals surface area contributed by atoms with Crippen molar-refractivity contribution in [1.29, 1.82) is 0 Å². The van der Waals surface area contributed by atoms with Crippen molar-refractivity contribution in [3.8, 4) is 0 Å². The Morgan fingerprint density at radius 3 is 2.26 bits per heavy atom. The van der Waals surface area contributed by atoms with Gasteiger partial charge in [0.25, 0.3) is 0 Å². The van der Waals surface area contributed by atoms with Crippen molar-refractivity contribution < 1.29 is 9.59 Å². The minimum atomic E-state index is 0.140. The fourth-order valence-corrected chi connectivity index (χ4v) is 3.99. The van der Waals surface area contributed by atoms with Crippen molar-refractivity contribution in [3.05, 3.63) is 35.4 Å². The molecule has 0 atom stereocenters. The van der Waals surface area contributed by atoms with Gasteiger partial charge < -0.3 is 10.2 Å². The summed E-state index contributed by atoms with van der Waals surface area (Å²) in [4.78, 5) is 28.7. The van der Waals surface area contributed by atoms with E-state index in [1.807, 2.05) is 4.90 Å². The summed E-state index contributed by atoms with van der Waals surface area (Å²) in [5, 5.41) is 3.18. The minimum absolute atomic E-state index is 0.140. The molecule has 0 radical (unpaired) electrons. The maximum absolute atomic E-state index is 12.3. The lowest BCUT2D eigenvalue weighted by molar-refractivity contribution is -0.132. The van der Waals surface area contributed by atoms with E-state index in [9.17, 15) is 9.59 Å². The van der Waals surface area contributed by atoms with Crippen LogP contribution in [0.3, 0.4) is 0 Å². The lowest BCUT2D eigenvalue weighted by atomic mass is 10.0. The summed E-state index contributed by atoms with van der Waals surface area (Å²) in [6.07, 6.45) is 6.53. The number of nitrogens with one attached hydrogen (secondary N) is 1. The minimum Gasteiger partial charge on any atom is -0.353 e. The molecular formula is C22H33N3O2. The van der Waals surface area contributed by atoms with Gasteiger partial charge in [-0.05, 0) is 49.7 Å². The summed E-state index contributed by atoms with van der Waals surface area (Å²) in [6, 6.07) is 8.79. The van der Waals surface area contributed by atoms with Gasteiger partial charge in [-0.25, -0.2) is 0 Å². The molecule has 0 aliphatic carbocycles. The number of carbonyl (C=O) groups excluding carboxylic acids is 2. The van der Waals surface area contributed by atoms with Gasteiger partial charge in [-0.1, -0.05) is 31.2 Å². The Morgan fingerprint density at radius 1 is 1.00 bits per heavy atom. The van der Waals surface area contributed by atoms with Crippen LogP contribution in [0.5, 0.6) is 0 Å². The van der Waals surface area contributed by atoms with Gasteiger partial charge in [0.1, 0.15) is 0 Å². The third-order valence-corrected chi connectivity index (χ3v) is 5.84. The molecule has 148 valence electrons. The predicted octanol–water partition coefficient (Wildman–Crippen LogP) is 2.38. The van der Waals surface area contributed by atoms with Crippen molar-refractivity contribution >= 4 is 11.8 Å². The number of aryl methyl sites for hydroxylation is 2. The molecule has 2 fully saturated rings. The first-order valence-electron chi connectivity index (χ1n) is 10.5. The summed E-state index contributed by atoms with van der Waals surface area (Å²) < 4.78 is 0. The molecule has 1 aromatic carbocycles. The molecule has 5 heteroatoms. The molecule has 3 rings (SSSR count). The van der Waals surface area contributed by atoms with Crippen molar-refractivity contribution in [1.82, 2.24) is 15.1 Å². The molecule has 0 bridgehead atoms. The van der Waals surface area contributed by atoms with E-state index in [2.05, 4.69) is 41.4 Å². The highest BCUT2D eigenvalue weighted by Gasteiger charge is 2.24. The number of hydrogen-bond acceptors (Lipinski definition) is 3. The molecule has 2 heterocycles. The molecule has 1 N–H and O–H groups in total. The fraction of sp³-hybridized carbons (Fsp3) is 0.636. The van der Waals surface area contributed by atoms with Crippen molar-refractivity contribution in [2.45, 2.75) is 57.9 Å². The Bertz CT molecular complexity index is 615. The first-order valence-corrected chi connectivity index (χ1v) is 10.5. The Morgan fingerprint density at radius 2 is 1.63 bits per heavy atom. The third-order valence-electron chi connectivity index (χ3n) is 5.84. The Balaban J connectivity index is 1.33. The van der Waals surface area contributed by atoms with Crippen LogP contribution in [0.2, 0.25) is 0 Å². The second-order valence-corrected chi connectivity index (χ2v) is 7.88. The molecule has 1 aromatic rings. The first kappa shape index (κ1) is 19.9. The topological polar surface area (TPSA) is 52.7 Å². The first-order chi connectivity index (χ1) is 13.1. The molecule has 27 heavy (non-hydrogen) atoms. The van der Waals surface area contributed by atoms with E-state index in [0.717, 1.165) is 64.7 Å². The van der Waals surface area contributed by atoms with E-state index < -0.39 is 0 Å². The van der Waals surface area contributed by atoms with E-state index in [0.29, 0.717) is 13.0 Å². The Hall–Kier alpha value is -1.88. The van der Waals surface area contributed by atoms with Gasteiger partial charge in [0.2, 0.25) is 11.8 Å². The Kier molecular flexibility index (Phi) is 7.27. The van der Waals surface area contributed by atoms with Crippen molar-refractivity contribution in [2.75, 3.05) is 32.7 Å². The lowest BCUT2D eigenvalue weighted by Crippen LogP contribution is -2.47. The summed E-state index contributed by atoms with van der Waals surface area (Å²) >= 11 is 0. The van der Waals surface area contributed by atoms with Gasteiger partial charge in [0, 0.05) is 38.6 Å². The molecule has 2 aliphatic heterocycles. The average Bonchev–Trinajstić information content (AvgIpc) is 3.23. The third kappa shape index (κ3) is 6.06. The maximum Gasteiger partial charge on any atom is 0.236 e. The SMILES string of the molecule is CCc1ccc(CCC(=O)NC2CCN(CC(=O)N3CCCC3)CC2)cc1. The van der Waals surface area contributed by atoms with Crippen molar-refractivity contribution in [3.63, 3.8) is 0 Å². The number of nitrogens with zero attached hydrogens (tertiary/aromatic N) is 2. The zero-order valence-corrected chi connectivity index (χ0v) is 16.6. The van der Waals surface area contributed by atoms with Gasteiger partial charge >= 0.3 is 0 Å². The van der Waals surface area contributed by atoms with E-state index >= 15 is 0 Å². The summed E-state index contributed by atoms with van der Waals surface area (Å²) in [5.74, 6) is 0.408. The normalized spacial score (nSPS) is 18.6. The van der Waals surface area contributed by atoms with Crippen LogP contribution in [0.25, 0.3) is 0 Å². The van der Waals surface area contributed by atoms with Crippen LogP contribution < -0.4 is 5.32 Å². The quantitative estimate of drug-likeness (QED) is 0.801. The van der Waals surface area contributed by atoms with Crippen LogP contribution in [-0.2, 0) is 22.4 Å². The van der Waals surface area contributed by atoms with Crippen LogP contribution in [-0.4, -0.2) is 60.4 Å². The molecule has 2 amide bonds. The second kappa shape index (κ2) is 9.88. The van der Waals surface area contributed by atoms with Gasteiger partial charge in [0.15, 0.2) is 0 Å². The number of hydrogen-bond donors (Lipinski definition) is 1. The van der Waals surface area contributed by atoms with E-state index in [4.69, 9.17) is 0 Å². The maximum atomic E-state index is 12.3. The molecule has 2 aliphatic rings. The standard InChI is InChI=1S/C22H33N3O2/c1-2-18-5-7-19(8-6-18)9-10-21(26)23-20-11-15-24(16-12-20)17-22(27)25-13-3-4-14-25/h5-8,20H,2-4,9-17H2,1H3,(H,23,26).